The minimum atomic E-state index is 0.566. The molecule has 0 N–H and O–H groups in total. The lowest BCUT2D eigenvalue weighted by atomic mass is 10.0. The normalized spacial score (nSPS) is 11.6. The molecule has 0 unspecified atom stereocenters. The van der Waals surface area contributed by atoms with E-state index in [1.807, 2.05) is 42.5 Å². The molecule has 0 fully saturated rings. The van der Waals surface area contributed by atoms with Gasteiger partial charge < -0.3 is 13.7 Å². The first-order valence-corrected chi connectivity index (χ1v) is 18.3. The maximum Gasteiger partial charge on any atom is 0.210 e. The predicted molar refractivity (Wildman–Crippen MR) is 227 cm³/mol. The zero-order valence-electron chi connectivity index (χ0n) is 29.5. The van der Waals surface area contributed by atoms with Crippen molar-refractivity contribution in [2.45, 2.75) is 0 Å². The Kier molecular flexibility index (Phi) is 6.61. The van der Waals surface area contributed by atoms with E-state index in [9.17, 15) is 0 Å². The van der Waals surface area contributed by atoms with Crippen LogP contribution in [0.4, 0.5) is 11.4 Å². The number of rotatable bonds is 4. The minimum Gasteiger partial charge on any atom is -0.319 e. The standard InChI is InChI=1S/C50H29N5/c1-51-34-23-27-48-42(30-34)40-17-6-10-21-47(40)55(48)50-29-33(22-26-43(50)52-2)32-12-11-13-35(28-32)54-46-20-9-5-16-39(46)41-25-24-36(31-49(41)54)53-44-18-7-3-14-37(44)38-15-4-8-19-45(38)53/h3-31H. The molecule has 0 amide bonds. The highest BCUT2D eigenvalue weighted by Gasteiger charge is 2.19. The van der Waals surface area contributed by atoms with Crippen LogP contribution in [0.5, 0.6) is 0 Å². The fourth-order valence-electron chi connectivity index (χ4n) is 8.67. The number of para-hydroxylation sites is 4. The van der Waals surface area contributed by atoms with Gasteiger partial charge in [-0.05, 0) is 83.2 Å². The lowest BCUT2D eigenvalue weighted by Crippen LogP contribution is -1.98. The lowest BCUT2D eigenvalue weighted by molar-refractivity contribution is 1.15. The van der Waals surface area contributed by atoms with Crippen molar-refractivity contribution in [3.63, 3.8) is 0 Å². The maximum absolute atomic E-state index is 8.15. The van der Waals surface area contributed by atoms with Crippen LogP contribution in [0.1, 0.15) is 0 Å². The lowest BCUT2D eigenvalue weighted by Gasteiger charge is -2.14. The van der Waals surface area contributed by atoms with Crippen molar-refractivity contribution in [1.29, 1.82) is 0 Å². The SMILES string of the molecule is [C-]#[N+]c1ccc2c(c1)c1ccccc1n2-c1cc(-c2cccc(-n3c4ccccc4c4ccc(-n5c6ccccc6c6ccccc65)cc43)c2)ccc1[N+]#[C-]. The fourth-order valence-corrected chi connectivity index (χ4v) is 8.67. The fraction of sp³-hybridized carbons (Fsp3) is 0. The van der Waals surface area contributed by atoms with Crippen LogP contribution in [0.25, 0.3) is 103 Å². The summed E-state index contributed by atoms with van der Waals surface area (Å²) in [5, 5.41) is 6.93. The number of fused-ring (bicyclic) bond motifs is 9. The number of hydrogen-bond acceptors (Lipinski definition) is 0. The molecular weight excluding hydrogens is 671 g/mol. The monoisotopic (exact) mass is 699 g/mol. The molecule has 3 aromatic heterocycles. The van der Waals surface area contributed by atoms with Gasteiger partial charge in [-0.25, -0.2) is 9.69 Å². The number of hydrogen-bond donors (Lipinski definition) is 0. The van der Waals surface area contributed by atoms with Gasteiger partial charge in [-0.2, -0.15) is 0 Å². The molecule has 0 bridgehead atoms. The van der Waals surface area contributed by atoms with Crippen LogP contribution in [-0.2, 0) is 0 Å². The smallest absolute Gasteiger partial charge is 0.210 e. The first-order chi connectivity index (χ1) is 27.2. The van der Waals surface area contributed by atoms with E-state index in [0.717, 1.165) is 61.0 Å². The van der Waals surface area contributed by atoms with Gasteiger partial charge in [-0.3, -0.25) is 0 Å². The summed E-state index contributed by atoms with van der Waals surface area (Å²) >= 11 is 0. The summed E-state index contributed by atoms with van der Waals surface area (Å²) in [5.41, 5.74) is 12.8. The van der Waals surface area contributed by atoms with Crippen molar-refractivity contribution < 1.29 is 0 Å². The molecule has 55 heavy (non-hydrogen) atoms. The molecule has 11 aromatic rings. The molecule has 0 radical (unpaired) electrons. The van der Waals surface area contributed by atoms with E-state index < -0.39 is 0 Å². The van der Waals surface area contributed by atoms with Crippen molar-refractivity contribution in [1.82, 2.24) is 13.7 Å². The van der Waals surface area contributed by atoms with E-state index in [2.05, 4.69) is 157 Å². The molecule has 0 aliphatic carbocycles. The summed E-state index contributed by atoms with van der Waals surface area (Å²) in [6.45, 7) is 15.8. The zero-order chi connectivity index (χ0) is 36.6. The van der Waals surface area contributed by atoms with Gasteiger partial charge in [0.1, 0.15) is 0 Å². The molecule has 5 nitrogen and oxygen atoms in total. The Morgan fingerprint density at radius 3 is 1.49 bits per heavy atom. The van der Waals surface area contributed by atoms with E-state index in [0.29, 0.717) is 11.4 Å². The van der Waals surface area contributed by atoms with Gasteiger partial charge in [0, 0.05) is 38.3 Å². The highest BCUT2D eigenvalue weighted by molar-refractivity contribution is 6.13. The predicted octanol–water partition coefficient (Wildman–Crippen LogP) is 13.7. The van der Waals surface area contributed by atoms with Crippen LogP contribution < -0.4 is 0 Å². The van der Waals surface area contributed by atoms with Gasteiger partial charge in [-0.15, -0.1) is 0 Å². The second-order valence-corrected chi connectivity index (χ2v) is 14.0. The van der Waals surface area contributed by atoms with E-state index in [-0.39, 0.29) is 0 Å². The molecular formula is C50H29N5. The topological polar surface area (TPSA) is 23.5 Å². The maximum atomic E-state index is 8.15. The van der Waals surface area contributed by atoms with Crippen LogP contribution in [-0.4, -0.2) is 13.7 Å². The van der Waals surface area contributed by atoms with Crippen molar-refractivity contribution in [2.24, 2.45) is 0 Å². The summed E-state index contributed by atoms with van der Waals surface area (Å²) < 4.78 is 6.92. The van der Waals surface area contributed by atoms with Crippen molar-refractivity contribution in [3.8, 4) is 28.2 Å². The van der Waals surface area contributed by atoms with Crippen molar-refractivity contribution in [2.75, 3.05) is 0 Å². The largest absolute Gasteiger partial charge is 0.319 e. The first-order valence-electron chi connectivity index (χ1n) is 18.3. The third-order valence-corrected chi connectivity index (χ3v) is 11.1. The summed E-state index contributed by atoms with van der Waals surface area (Å²) in [5.74, 6) is 0. The Labute approximate surface area is 316 Å². The second kappa shape index (κ2) is 11.8. The number of nitrogens with zero attached hydrogens (tertiary/aromatic N) is 5. The minimum absolute atomic E-state index is 0.566. The van der Waals surface area contributed by atoms with Crippen LogP contribution >= 0.6 is 0 Å². The molecule has 11 rings (SSSR count). The van der Waals surface area contributed by atoms with Crippen LogP contribution in [0.3, 0.4) is 0 Å². The Bertz CT molecular complexity index is 3420. The van der Waals surface area contributed by atoms with Crippen molar-refractivity contribution in [3.05, 3.63) is 199 Å². The van der Waals surface area contributed by atoms with Crippen LogP contribution in [0, 0.1) is 13.1 Å². The molecule has 0 saturated carbocycles. The second-order valence-electron chi connectivity index (χ2n) is 14.0. The Balaban J connectivity index is 1.11. The third-order valence-electron chi connectivity index (χ3n) is 11.1. The molecule has 5 heteroatoms. The van der Waals surface area contributed by atoms with E-state index in [1.165, 1.54) is 32.6 Å². The van der Waals surface area contributed by atoms with Crippen LogP contribution in [0.15, 0.2) is 176 Å². The third kappa shape index (κ3) is 4.51. The molecule has 0 spiro atoms. The molecule has 8 aromatic carbocycles. The summed E-state index contributed by atoms with van der Waals surface area (Å²) in [4.78, 5) is 7.67. The highest BCUT2D eigenvalue weighted by atomic mass is 15.0. The number of benzene rings is 8. The van der Waals surface area contributed by atoms with Gasteiger partial charge in [0.05, 0.1) is 51.9 Å². The average Bonchev–Trinajstić information content (AvgIpc) is 3.88. The molecule has 0 aliphatic rings. The summed E-state index contributed by atoms with van der Waals surface area (Å²) in [7, 11) is 0. The van der Waals surface area contributed by atoms with Gasteiger partial charge in [0.15, 0.2) is 5.69 Å². The molecule has 3 heterocycles. The zero-order valence-corrected chi connectivity index (χ0v) is 29.5. The summed E-state index contributed by atoms with van der Waals surface area (Å²) in [6, 6.07) is 61.6. The Hall–Kier alpha value is -7.86. The molecule has 0 atom stereocenters. The first kappa shape index (κ1) is 30.7. The Morgan fingerprint density at radius 1 is 0.327 bits per heavy atom. The van der Waals surface area contributed by atoms with Crippen molar-refractivity contribution >= 4 is 76.8 Å². The van der Waals surface area contributed by atoms with E-state index >= 15 is 0 Å². The Morgan fingerprint density at radius 2 is 0.855 bits per heavy atom. The van der Waals surface area contributed by atoms with Gasteiger partial charge in [0.2, 0.25) is 5.69 Å². The molecule has 254 valence electrons. The number of aromatic nitrogens is 3. The van der Waals surface area contributed by atoms with E-state index in [1.54, 1.807) is 0 Å². The van der Waals surface area contributed by atoms with Gasteiger partial charge >= 0.3 is 0 Å². The quantitative estimate of drug-likeness (QED) is 0.163. The van der Waals surface area contributed by atoms with Gasteiger partial charge in [0.25, 0.3) is 0 Å². The molecule has 0 saturated heterocycles. The molecule has 0 aliphatic heterocycles. The highest BCUT2D eigenvalue weighted by Crippen LogP contribution is 2.41. The van der Waals surface area contributed by atoms with Crippen LogP contribution in [0.2, 0.25) is 0 Å². The van der Waals surface area contributed by atoms with E-state index in [4.69, 9.17) is 13.1 Å². The average molecular weight is 700 g/mol. The van der Waals surface area contributed by atoms with Gasteiger partial charge in [-0.1, -0.05) is 109 Å². The summed E-state index contributed by atoms with van der Waals surface area (Å²) in [6.07, 6.45) is 0.